The molecule has 37 heavy (non-hydrogen) atoms. The molecule has 2 saturated heterocycles. The van der Waals surface area contributed by atoms with Gasteiger partial charge < -0.3 is 24.1 Å². The molecule has 2 heterocycles. The number of aliphatic hydroxyl groups excluding tert-OH is 1. The summed E-state index contributed by atoms with van der Waals surface area (Å²) in [4.78, 5) is 36.9. The Morgan fingerprint density at radius 2 is 1.81 bits per heavy atom. The van der Waals surface area contributed by atoms with Crippen molar-refractivity contribution in [3.8, 4) is 0 Å². The smallest absolute Gasteiger partial charge is 0.306 e. The van der Waals surface area contributed by atoms with Gasteiger partial charge in [-0.15, -0.1) is 0 Å². The van der Waals surface area contributed by atoms with Crippen LogP contribution < -0.4 is 0 Å². The maximum absolute atomic E-state index is 12.8. The van der Waals surface area contributed by atoms with Gasteiger partial charge in [-0.1, -0.05) is 48.9 Å². The molecule has 0 amide bonds. The van der Waals surface area contributed by atoms with E-state index >= 15 is 0 Å². The fourth-order valence-corrected chi connectivity index (χ4v) is 6.84. The van der Waals surface area contributed by atoms with Gasteiger partial charge in [-0.2, -0.15) is 0 Å². The lowest BCUT2D eigenvalue weighted by atomic mass is 9.51. The summed E-state index contributed by atoms with van der Waals surface area (Å²) in [6.45, 7) is 4.39. The van der Waals surface area contributed by atoms with Crippen LogP contribution in [0.4, 0.5) is 0 Å². The van der Waals surface area contributed by atoms with Crippen LogP contribution in [0, 0.1) is 10.8 Å². The number of carbonyl (C=O) groups is 3. The van der Waals surface area contributed by atoms with Gasteiger partial charge in [-0.05, 0) is 32.6 Å². The SMILES string of the molecule is CC1=C[C@H]2O[C@@H]3C[C@@H](OC(=O)CCCCC(=O)OCC(=O)c4ccccc4)[C@@](C)(C34CO4)[C@@]2(CO)CC1. The number of aliphatic hydroxyl groups is 1. The average molecular weight is 513 g/mol. The molecule has 4 aliphatic rings. The molecule has 6 atom stereocenters. The van der Waals surface area contributed by atoms with Crippen LogP contribution in [-0.4, -0.2) is 66.6 Å². The number of epoxide rings is 1. The maximum atomic E-state index is 12.8. The fourth-order valence-electron chi connectivity index (χ4n) is 6.84. The zero-order chi connectivity index (χ0) is 26.3. The maximum Gasteiger partial charge on any atom is 0.306 e. The van der Waals surface area contributed by atoms with E-state index in [2.05, 4.69) is 19.9 Å². The van der Waals surface area contributed by atoms with Crippen molar-refractivity contribution in [1.29, 1.82) is 0 Å². The van der Waals surface area contributed by atoms with Gasteiger partial charge >= 0.3 is 11.9 Å². The summed E-state index contributed by atoms with van der Waals surface area (Å²) in [5, 5.41) is 10.7. The number of rotatable bonds is 10. The van der Waals surface area contributed by atoms with Crippen molar-refractivity contribution in [2.75, 3.05) is 19.8 Å². The molecule has 1 aromatic rings. The first kappa shape index (κ1) is 26.1. The predicted molar refractivity (Wildman–Crippen MR) is 133 cm³/mol. The van der Waals surface area contributed by atoms with Gasteiger partial charge in [-0.25, -0.2) is 0 Å². The minimum absolute atomic E-state index is 0.0568. The number of esters is 2. The molecule has 8 heteroatoms. The van der Waals surface area contributed by atoms with Crippen LogP contribution >= 0.6 is 0 Å². The second kappa shape index (κ2) is 9.97. The summed E-state index contributed by atoms with van der Waals surface area (Å²) in [6, 6.07) is 8.68. The van der Waals surface area contributed by atoms with Gasteiger partial charge in [0.15, 0.2) is 12.4 Å². The van der Waals surface area contributed by atoms with Gasteiger partial charge in [0, 0.05) is 35.7 Å². The van der Waals surface area contributed by atoms with Crippen molar-refractivity contribution < 1.29 is 38.4 Å². The van der Waals surface area contributed by atoms with Crippen LogP contribution in [-0.2, 0) is 28.5 Å². The van der Waals surface area contributed by atoms with Crippen LogP contribution in [0.5, 0.6) is 0 Å². The Kier molecular flexibility index (Phi) is 7.02. The first-order valence-corrected chi connectivity index (χ1v) is 13.3. The predicted octanol–water partition coefficient (Wildman–Crippen LogP) is 3.55. The largest absolute Gasteiger partial charge is 0.462 e. The molecule has 8 nitrogen and oxygen atoms in total. The van der Waals surface area contributed by atoms with E-state index in [1.165, 1.54) is 5.57 Å². The average Bonchev–Trinajstić information content (AvgIpc) is 3.68. The van der Waals surface area contributed by atoms with Crippen LogP contribution in [0.1, 0.15) is 69.2 Å². The molecule has 2 aliphatic heterocycles. The highest BCUT2D eigenvalue weighted by molar-refractivity contribution is 5.97. The molecule has 5 rings (SSSR count). The van der Waals surface area contributed by atoms with Crippen molar-refractivity contribution in [2.24, 2.45) is 10.8 Å². The van der Waals surface area contributed by atoms with Gasteiger partial charge in [0.1, 0.15) is 11.7 Å². The summed E-state index contributed by atoms with van der Waals surface area (Å²) in [5.74, 6) is -1.04. The number of Topliss-reactive ketones (excluding diaryl/α,β-unsaturated/α-hetero) is 1. The number of allylic oxidation sites excluding steroid dienone is 1. The van der Waals surface area contributed by atoms with Crippen LogP contribution in [0.3, 0.4) is 0 Å². The molecule has 1 spiro atoms. The number of ketones is 1. The van der Waals surface area contributed by atoms with E-state index in [1.54, 1.807) is 24.3 Å². The number of hydrogen-bond donors (Lipinski definition) is 1. The summed E-state index contributed by atoms with van der Waals surface area (Å²) in [7, 11) is 0. The molecule has 0 radical (unpaired) electrons. The molecule has 3 fully saturated rings. The normalized spacial score (nSPS) is 35.4. The molecular formula is C29H36O8. The molecule has 2 aliphatic carbocycles. The quantitative estimate of drug-likeness (QED) is 0.167. The number of fused-ring (bicyclic) bond motifs is 2. The molecular weight excluding hydrogens is 476 g/mol. The van der Waals surface area contributed by atoms with Gasteiger partial charge in [0.25, 0.3) is 0 Å². The van der Waals surface area contributed by atoms with Crippen LogP contribution in [0.25, 0.3) is 0 Å². The minimum atomic E-state index is -0.568. The van der Waals surface area contributed by atoms with Crippen LogP contribution in [0.2, 0.25) is 0 Å². The summed E-state index contributed by atoms with van der Waals surface area (Å²) >= 11 is 0. The lowest BCUT2D eigenvalue weighted by molar-refractivity contribution is -0.229. The number of hydrogen-bond acceptors (Lipinski definition) is 8. The van der Waals surface area contributed by atoms with E-state index in [0.717, 1.165) is 12.8 Å². The van der Waals surface area contributed by atoms with E-state index in [1.807, 2.05) is 6.07 Å². The zero-order valence-corrected chi connectivity index (χ0v) is 21.6. The molecule has 1 unspecified atom stereocenters. The Morgan fingerprint density at radius 1 is 1.11 bits per heavy atom. The van der Waals surface area contributed by atoms with Gasteiger partial charge in [0.05, 0.1) is 25.4 Å². The molecule has 2 bridgehead atoms. The van der Waals surface area contributed by atoms with Crippen molar-refractivity contribution >= 4 is 17.7 Å². The lowest BCUT2D eigenvalue weighted by Gasteiger charge is -2.58. The first-order valence-electron chi connectivity index (χ1n) is 13.3. The van der Waals surface area contributed by atoms with Crippen molar-refractivity contribution in [1.82, 2.24) is 0 Å². The third kappa shape index (κ3) is 4.33. The Morgan fingerprint density at radius 3 is 2.49 bits per heavy atom. The fraction of sp³-hybridized carbons (Fsp3) is 0.621. The number of unbranched alkanes of at least 4 members (excludes halogenated alkanes) is 1. The topological polar surface area (TPSA) is 112 Å². The second-order valence-corrected chi connectivity index (χ2v) is 11.1. The monoisotopic (exact) mass is 512 g/mol. The molecule has 0 aromatic heterocycles. The zero-order valence-electron chi connectivity index (χ0n) is 21.6. The third-order valence-corrected chi connectivity index (χ3v) is 9.25. The molecule has 1 saturated carbocycles. The Bertz CT molecular complexity index is 1080. The summed E-state index contributed by atoms with van der Waals surface area (Å²) < 4.78 is 23.6. The van der Waals surface area contributed by atoms with Gasteiger partial charge in [0.2, 0.25) is 0 Å². The van der Waals surface area contributed by atoms with E-state index < -0.39 is 28.5 Å². The standard InChI is InChI=1S/C29H36O8/c1-19-12-13-28(17-30)23(14-19)36-24-15-22(27(28,2)29(24)18-35-29)37-26(33)11-7-6-10-25(32)34-16-21(31)20-8-4-3-5-9-20/h3-5,8-9,14,22-24,30H,6-7,10-13,15-18H2,1-2H3/t22-,23-,24-,27-,28-,29?/m1/s1. The second-order valence-electron chi connectivity index (χ2n) is 11.1. The number of carbonyl (C=O) groups excluding carboxylic acids is 3. The highest BCUT2D eigenvalue weighted by Crippen LogP contribution is 2.71. The van der Waals surface area contributed by atoms with E-state index in [9.17, 15) is 19.5 Å². The minimum Gasteiger partial charge on any atom is -0.462 e. The van der Waals surface area contributed by atoms with Crippen LogP contribution in [0.15, 0.2) is 42.0 Å². The van der Waals surface area contributed by atoms with E-state index in [4.69, 9.17) is 18.9 Å². The summed E-state index contributed by atoms with van der Waals surface area (Å²) in [6.07, 6.45) is 4.73. The van der Waals surface area contributed by atoms with Crippen molar-refractivity contribution in [3.05, 3.63) is 47.5 Å². The lowest BCUT2D eigenvalue weighted by Crippen LogP contribution is -2.66. The number of benzene rings is 1. The van der Waals surface area contributed by atoms with E-state index in [0.29, 0.717) is 31.4 Å². The molecule has 200 valence electrons. The highest BCUT2D eigenvalue weighted by Gasteiger charge is 2.82. The Labute approximate surface area is 217 Å². The number of ether oxygens (including phenoxy) is 4. The van der Waals surface area contributed by atoms with E-state index in [-0.39, 0.29) is 50.0 Å². The Hall–Kier alpha value is -2.55. The summed E-state index contributed by atoms with van der Waals surface area (Å²) in [5.41, 5.74) is 0.116. The van der Waals surface area contributed by atoms with Gasteiger partial charge in [-0.3, -0.25) is 14.4 Å². The first-order chi connectivity index (χ1) is 17.8. The third-order valence-electron chi connectivity index (χ3n) is 9.25. The highest BCUT2D eigenvalue weighted by atomic mass is 16.6. The Balaban J connectivity index is 1.12. The van der Waals surface area contributed by atoms with Crippen molar-refractivity contribution in [3.63, 3.8) is 0 Å². The molecule has 1 N–H and O–H groups in total. The molecule has 1 aromatic carbocycles. The van der Waals surface area contributed by atoms with Crippen molar-refractivity contribution in [2.45, 2.75) is 82.7 Å².